The normalized spacial score (nSPS) is 54.9. The molecular weight excluding hydrogens is 536 g/mol. The summed E-state index contributed by atoms with van der Waals surface area (Å²) < 4.78 is 22.6. The number of fused-ring (bicyclic) bond motifs is 5. The Morgan fingerprint density at radius 2 is 1.80 bits per heavy atom. The maximum absolute atomic E-state index is 13.1. The van der Waals surface area contributed by atoms with E-state index in [1.54, 1.807) is 6.92 Å². The van der Waals surface area contributed by atoms with Crippen molar-refractivity contribution in [2.24, 2.45) is 28.6 Å². The number of aliphatic hydroxyl groups excluding tert-OH is 3. The van der Waals surface area contributed by atoms with E-state index in [0.29, 0.717) is 32.1 Å². The minimum Gasteiger partial charge on any atom is -0.458 e. The first-order valence-corrected chi connectivity index (χ1v) is 15.0. The molecule has 0 aromatic carbocycles. The van der Waals surface area contributed by atoms with Gasteiger partial charge in [0.15, 0.2) is 6.29 Å². The molecule has 41 heavy (non-hydrogen) atoms. The van der Waals surface area contributed by atoms with Crippen molar-refractivity contribution in [3.63, 3.8) is 0 Å². The monoisotopic (exact) mass is 580 g/mol. The second-order valence-electron chi connectivity index (χ2n) is 13.7. The first-order valence-electron chi connectivity index (χ1n) is 15.0. The highest BCUT2D eigenvalue weighted by Gasteiger charge is 2.74. The summed E-state index contributed by atoms with van der Waals surface area (Å²) in [5, 5.41) is 57.0. The predicted octanol–water partition coefficient (Wildman–Crippen LogP) is 0.375. The van der Waals surface area contributed by atoms with Crippen molar-refractivity contribution in [2.75, 3.05) is 13.7 Å². The summed E-state index contributed by atoms with van der Waals surface area (Å²) >= 11 is 0. The second kappa shape index (κ2) is 10.1. The van der Waals surface area contributed by atoms with Gasteiger partial charge in [0, 0.05) is 25.0 Å². The van der Waals surface area contributed by atoms with Gasteiger partial charge in [-0.2, -0.15) is 0 Å². The highest BCUT2D eigenvalue weighted by atomic mass is 16.7. The van der Waals surface area contributed by atoms with E-state index < -0.39 is 76.8 Å². The Morgan fingerprint density at radius 1 is 1.05 bits per heavy atom. The number of rotatable bonds is 5. The number of hydrogen-bond acceptors (Lipinski definition) is 11. The molecule has 0 aromatic heterocycles. The van der Waals surface area contributed by atoms with Crippen molar-refractivity contribution >= 4 is 12.3 Å². The summed E-state index contributed by atoms with van der Waals surface area (Å²) in [7, 11) is 1.40. The molecule has 11 heteroatoms. The molecule has 0 spiro atoms. The van der Waals surface area contributed by atoms with Crippen molar-refractivity contribution in [3.05, 3.63) is 11.6 Å². The predicted molar refractivity (Wildman–Crippen MR) is 141 cm³/mol. The molecular formula is C30H44O11. The maximum atomic E-state index is 13.1. The van der Waals surface area contributed by atoms with Crippen LogP contribution in [0.4, 0.5) is 0 Å². The van der Waals surface area contributed by atoms with Crippen LogP contribution in [0.1, 0.15) is 65.2 Å². The van der Waals surface area contributed by atoms with E-state index >= 15 is 0 Å². The molecule has 4 saturated carbocycles. The molecule has 4 aliphatic carbocycles. The quantitative estimate of drug-likeness (QED) is 0.173. The summed E-state index contributed by atoms with van der Waals surface area (Å²) in [5.74, 6) is -1.36. The topological polar surface area (TPSA) is 172 Å². The highest BCUT2D eigenvalue weighted by Crippen LogP contribution is 2.70. The summed E-state index contributed by atoms with van der Waals surface area (Å²) in [6, 6.07) is 0. The van der Waals surface area contributed by atoms with Crippen molar-refractivity contribution in [1.29, 1.82) is 0 Å². The van der Waals surface area contributed by atoms with E-state index in [0.717, 1.165) is 11.9 Å². The number of aldehydes is 1. The van der Waals surface area contributed by atoms with Crippen molar-refractivity contribution in [3.8, 4) is 0 Å². The van der Waals surface area contributed by atoms with Gasteiger partial charge in [0.05, 0.1) is 34.9 Å². The van der Waals surface area contributed by atoms with E-state index in [4.69, 9.17) is 18.9 Å². The van der Waals surface area contributed by atoms with Gasteiger partial charge in [-0.05, 0) is 75.2 Å². The molecule has 0 aromatic rings. The summed E-state index contributed by atoms with van der Waals surface area (Å²) in [6.45, 7) is 3.70. The number of cyclic esters (lactones) is 1. The number of aliphatic hydroxyl groups is 5. The molecule has 0 amide bonds. The van der Waals surface area contributed by atoms with Crippen LogP contribution in [0.15, 0.2) is 11.6 Å². The Morgan fingerprint density at radius 3 is 2.46 bits per heavy atom. The lowest BCUT2D eigenvalue weighted by Gasteiger charge is -2.66. The molecule has 6 rings (SSSR count). The number of esters is 1. The van der Waals surface area contributed by atoms with Gasteiger partial charge >= 0.3 is 5.97 Å². The molecule has 3 unspecified atom stereocenters. The zero-order valence-electron chi connectivity index (χ0n) is 24.0. The third kappa shape index (κ3) is 4.00. The zero-order chi connectivity index (χ0) is 29.5. The van der Waals surface area contributed by atoms with E-state index in [-0.39, 0.29) is 37.7 Å². The van der Waals surface area contributed by atoms with Gasteiger partial charge in [-0.1, -0.05) is 6.92 Å². The SMILES string of the molecule is CO[C@H]1[C@H](OC2CC[C@]3(C=O)[C@H]4CC(O)[C@]5(C)[C@@H](C6=CC(=O)OC6)CC[C@]5(O)[C@@H]4CCC3(O)C2)O[C@H](C)[C@H](O)[C@H]1O. The summed E-state index contributed by atoms with van der Waals surface area (Å²) in [5.41, 5.74) is -3.98. The Balaban J connectivity index is 1.25. The van der Waals surface area contributed by atoms with Crippen LogP contribution in [-0.4, -0.2) is 106 Å². The van der Waals surface area contributed by atoms with Gasteiger partial charge in [-0.3, -0.25) is 0 Å². The lowest BCUT2D eigenvalue weighted by atomic mass is 9.41. The first kappa shape index (κ1) is 29.6. The van der Waals surface area contributed by atoms with Crippen molar-refractivity contribution in [2.45, 2.75) is 119 Å². The largest absolute Gasteiger partial charge is 0.458 e. The summed E-state index contributed by atoms with van der Waals surface area (Å²) in [6.07, 6.45) is -1.06. The average Bonchev–Trinajstić information content (AvgIpc) is 3.48. The van der Waals surface area contributed by atoms with E-state index in [1.165, 1.54) is 13.2 Å². The third-order valence-electron chi connectivity index (χ3n) is 12.3. The van der Waals surface area contributed by atoms with E-state index in [2.05, 4.69) is 0 Å². The molecule has 0 bridgehead atoms. The molecule has 5 fully saturated rings. The Hall–Kier alpha value is -1.44. The Kier molecular flexibility index (Phi) is 7.26. The van der Waals surface area contributed by atoms with Crippen LogP contribution in [0, 0.1) is 28.6 Å². The Bertz CT molecular complexity index is 1100. The van der Waals surface area contributed by atoms with Crippen LogP contribution >= 0.6 is 0 Å². The van der Waals surface area contributed by atoms with Crippen LogP contribution in [-0.2, 0) is 28.5 Å². The van der Waals surface area contributed by atoms with Gasteiger partial charge in [0.1, 0.15) is 31.2 Å². The van der Waals surface area contributed by atoms with Gasteiger partial charge < -0.3 is 49.3 Å². The first-order chi connectivity index (χ1) is 19.3. The van der Waals surface area contributed by atoms with Crippen LogP contribution in [0.25, 0.3) is 0 Å². The van der Waals surface area contributed by atoms with Crippen LogP contribution in [0.5, 0.6) is 0 Å². The second-order valence-corrected chi connectivity index (χ2v) is 13.7. The summed E-state index contributed by atoms with van der Waals surface area (Å²) in [4.78, 5) is 24.9. The molecule has 230 valence electrons. The molecule has 0 radical (unpaired) electrons. The number of carbonyl (C=O) groups is 2. The smallest absolute Gasteiger partial charge is 0.331 e. The van der Waals surface area contributed by atoms with Gasteiger partial charge in [-0.15, -0.1) is 0 Å². The molecule has 2 aliphatic heterocycles. The van der Waals surface area contributed by atoms with Crippen LogP contribution in [0.3, 0.4) is 0 Å². The number of hydrogen-bond donors (Lipinski definition) is 5. The molecule has 2 heterocycles. The highest BCUT2D eigenvalue weighted by molar-refractivity contribution is 5.85. The van der Waals surface area contributed by atoms with E-state index in [9.17, 15) is 35.1 Å². The van der Waals surface area contributed by atoms with Gasteiger partial charge in [-0.25, -0.2) is 4.79 Å². The minimum absolute atomic E-state index is 0.152. The lowest BCUT2D eigenvalue weighted by Crippen LogP contribution is -2.71. The maximum Gasteiger partial charge on any atom is 0.331 e. The molecule has 11 nitrogen and oxygen atoms in total. The fraction of sp³-hybridized carbons (Fsp3) is 0.867. The minimum atomic E-state index is -1.42. The van der Waals surface area contributed by atoms with Crippen LogP contribution < -0.4 is 0 Å². The molecule has 1 saturated heterocycles. The fourth-order valence-corrected chi connectivity index (χ4v) is 9.98. The van der Waals surface area contributed by atoms with Crippen LogP contribution in [0.2, 0.25) is 0 Å². The lowest BCUT2D eigenvalue weighted by molar-refractivity contribution is -0.322. The van der Waals surface area contributed by atoms with Crippen molar-refractivity contribution < 1.29 is 54.1 Å². The molecule has 6 aliphatic rings. The van der Waals surface area contributed by atoms with E-state index in [1.807, 2.05) is 6.92 Å². The number of carbonyl (C=O) groups excluding carboxylic acids is 2. The van der Waals surface area contributed by atoms with Gasteiger partial charge in [0.2, 0.25) is 0 Å². The molecule has 5 N–H and O–H groups in total. The zero-order valence-corrected chi connectivity index (χ0v) is 24.0. The fourth-order valence-electron chi connectivity index (χ4n) is 9.98. The molecule has 14 atom stereocenters. The Labute approximate surface area is 239 Å². The van der Waals surface area contributed by atoms with Gasteiger partial charge in [0.25, 0.3) is 0 Å². The third-order valence-corrected chi connectivity index (χ3v) is 12.3. The number of methoxy groups -OCH3 is 1. The standard InChI is InChI=1S/C30H44O11/c1-15-23(34)24(35)25(38-3)26(40-15)41-17-4-7-28(14-31)20-11-21(32)27(2)18(16-10-22(33)39-13-16)6-9-30(27,37)19(20)5-8-29(28,36)12-17/h10,14-15,17-21,23-26,32,34-37H,4-9,11-13H2,1-3H3/t15-,17?,18-,19-,20+,21?,23+,24-,25-,26+,27+,28+,29?,30+/m1/s1. The van der Waals surface area contributed by atoms with Crippen molar-refractivity contribution in [1.82, 2.24) is 0 Å². The number of ether oxygens (including phenoxy) is 4. The average molecular weight is 581 g/mol.